The molecule has 0 aromatic heterocycles. The lowest BCUT2D eigenvalue weighted by Gasteiger charge is -2.26. The molecule has 106 valence electrons. The maximum Gasteiger partial charge on any atom is 0.416 e. The van der Waals surface area contributed by atoms with Crippen LogP contribution >= 0.6 is 0 Å². The number of benzene rings is 1. The molecule has 5 heteroatoms. The summed E-state index contributed by atoms with van der Waals surface area (Å²) in [6.45, 7) is 0.697. The maximum absolute atomic E-state index is 12.4. The van der Waals surface area contributed by atoms with Crippen molar-refractivity contribution in [2.45, 2.75) is 38.0 Å². The first-order valence-corrected chi connectivity index (χ1v) is 6.54. The van der Waals surface area contributed by atoms with Gasteiger partial charge < -0.3 is 10.4 Å². The first-order valence-electron chi connectivity index (χ1n) is 6.54. The molecule has 19 heavy (non-hydrogen) atoms. The zero-order chi connectivity index (χ0) is 13.9. The normalized spacial score (nSPS) is 24.2. The van der Waals surface area contributed by atoms with Gasteiger partial charge in [-0.05, 0) is 49.4 Å². The van der Waals surface area contributed by atoms with Crippen LogP contribution in [0.15, 0.2) is 24.3 Å². The lowest BCUT2D eigenvalue weighted by molar-refractivity contribution is -0.137. The number of rotatable bonds is 3. The van der Waals surface area contributed by atoms with Gasteiger partial charge in [-0.3, -0.25) is 0 Å². The summed E-state index contributed by atoms with van der Waals surface area (Å²) >= 11 is 0. The van der Waals surface area contributed by atoms with Crippen molar-refractivity contribution in [3.05, 3.63) is 29.8 Å². The Morgan fingerprint density at radius 3 is 2.42 bits per heavy atom. The number of hydrogen-bond donors (Lipinski definition) is 2. The van der Waals surface area contributed by atoms with Crippen molar-refractivity contribution in [2.75, 3.05) is 11.9 Å². The van der Waals surface area contributed by atoms with E-state index >= 15 is 0 Å². The average molecular weight is 273 g/mol. The molecule has 0 bridgehead atoms. The largest absolute Gasteiger partial charge is 0.416 e. The van der Waals surface area contributed by atoms with Gasteiger partial charge in [0.1, 0.15) is 0 Å². The van der Waals surface area contributed by atoms with Gasteiger partial charge in [-0.1, -0.05) is 6.42 Å². The second-order valence-corrected chi connectivity index (χ2v) is 5.14. The molecule has 2 nitrogen and oxygen atoms in total. The van der Waals surface area contributed by atoms with E-state index in [1.54, 1.807) is 0 Å². The Morgan fingerprint density at radius 1 is 1.16 bits per heavy atom. The third-order valence-corrected chi connectivity index (χ3v) is 3.56. The first kappa shape index (κ1) is 14.2. The maximum atomic E-state index is 12.4. The van der Waals surface area contributed by atoms with Crippen molar-refractivity contribution in [2.24, 2.45) is 5.92 Å². The van der Waals surface area contributed by atoms with E-state index in [0.29, 0.717) is 18.2 Å². The Hall–Kier alpha value is -1.23. The second-order valence-electron chi connectivity index (χ2n) is 5.14. The van der Waals surface area contributed by atoms with Crippen LogP contribution in [0.3, 0.4) is 0 Å². The fourth-order valence-corrected chi connectivity index (χ4v) is 2.49. The SMILES string of the molecule is OC1CCCC(CNc2ccc(C(F)(F)F)cc2)C1. The predicted octanol–water partition coefficient (Wildman–Crippen LogP) is 3.67. The molecular weight excluding hydrogens is 255 g/mol. The van der Waals surface area contributed by atoms with Crippen molar-refractivity contribution in [3.63, 3.8) is 0 Å². The van der Waals surface area contributed by atoms with Crippen LogP contribution in [0.2, 0.25) is 0 Å². The van der Waals surface area contributed by atoms with Gasteiger partial charge in [0.25, 0.3) is 0 Å². The summed E-state index contributed by atoms with van der Waals surface area (Å²) in [5, 5.41) is 12.7. The van der Waals surface area contributed by atoms with Crippen LogP contribution in [-0.4, -0.2) is 17.8 Å². The van der Waals surface area contributed by atoms with Crippen molar-refractivity contribution in [3.8, 4) is 0 Å². The third-order valence-electron chi connectivity index (χ3n) is 3.56. The highest BCUT2D eigenvalue weighted by Gasteiger charge is 2.30. The summed E-state index contributed by atoms with van der Waals surface area (Å²) in [5.74, 6) is 0.394. The van der Waals surface area contributed by atoms with Gasteiger partial charge in [0.05, 0.1) is 11.7 Å². The molecule has 0 saturated heterocycles. The van der Waals surface area contributed by atoms with Crippen molar-refractivity contribution in [1.29, 1.82) is 0 Å². The van der Waals surface area contributed by atoms with Crippen LogP contribution in [-0.2, 0) is 6.18 Å². The zero-order valence-electron chi connectivity index (χ0n) is 10.6. The van der Waals surface area contributed by atoms with Crippen LogP contribution in [0.25, 0.3) is 0 Å². The quantitative estimate of drug-likeness (QED) is 0.880. The number of halogens is 3. The molecule has 2 atom stereocenters. The number of aliphatic hydroxyl groups excluding tert-OH is 1. The van der Waals surface area contributed by atoms with E-state index in [1.807, 2.05) is 0 Å². The van der Waals surface area contributed by atoms with Crippen LogP contribution in [0.5, 0.6) is 0 Å². The number of anilines is 1. The van der Waals surface area contributed by atoms with Gasteiger partial charge in [0.2, 0.25) is 0 Å². The molecule has 0 radical (unpaired) electrons. The van der Waals surface area contributed by atoms with E-state index in [4.69, 9.17) is 0 Å². The molecule has 2 unspecified atom stereocenters. The van der Waals surface area contributed by atoms with Crippen LogP contribution < -0.4 is 5.32 Å². The van der Waals surface area contributed by atoms with Gasteiger partial charge >= 0.3 is 6.18 Å². The molecular formula is C14H18F3NO. The van der Waals surface area contributed by atoms with E-state index in [0.717, 1.165) is 37.8 Å². The minimum absolute atomic E-state index is 0.229. The summed E-state index contributed by atoms with van der Waals surface area (Å²) in [7, 11) is 0. The van der Waals surface area contributed by atoms with E-state index in [-0.39, 0.29) is 6.10 Å². The number of nitrogens with one attached hydrogen (secondary N) is 1. The lowest BCUT2D eigenvalue weighted by Crippen LogP contribution is -2.25. The van der Waals surface area contributed by atoms with E-state index in [1.165, 1.54) is 12.1 Å². The minimum Gasteiger partial charge on any atom is -0.393 e. The summed E-state index contributed by atoms with van der Waals surface area (Å²) in [6.07, 6.45) is -0.810. The van der Waals surface area contributed by atoms with E-state index in [2.05, 4.69) is 5.32 Å². The summed E-state index contributed by atoms with van der Waals surface area (Å²) in [5.41, 5.74) is 0.0548. The fourth-order valence-electron chi connectivity index (χ4n) is 2.49. The average Bonchev–Trinajstić information content (AvgIpc) is 2.36. The number of aliphatic hydroxyl groups is 1. The topological polar surface area (TPSA) is 32.3 Å². The summed E-state index contributed by atoms with van der Waals surface area (Å²) in [6, 6.07) is 5.06. The van der Waals surface area contributed by atoms with Gasteiger partial charge in [-0.2, -0.15) is 13.2 Å². The fraction of sp³-hybridized carbons (Fsp3) is 0.571. The highest BCUT2D eigenvalue weighted by atomic mass is 19.4. The van der Waals surface area contributed by atoms with Crippen molar-refractivity contribution >= 4 is 5.69 Å². The van der Waals surface area contributed by atoms with Crippen molar-refractivity contribution in [1.82, 2.24) is 0 Å². The van der Waals surface area contributed by atoms with Gasteiger partial charge in [-0.25, -0.2) is 0 Å². The molecule has 1 aliphatic carbocycles. The molecule has 0 aliphatic heterocycles. The summed E-state index contributed by atoms with van der Waals surface area (Å²) in [4.78, 5) is 0. The molecule has 2 rings (SSSR count). The highest BCUT2D eigenvalue weighted by Crippen LogP contribution is 2.30. The minimum atomic E-state index is -4.29. The van der Waals surface area contributed by atoms with Gasteiger partial charge in [0.15, 0.2) is 0 Å². The molecule has 1 fully saturated rings. The highest BCUT2D eigenvalue weighted by molar-refractivity contribution is 5.45. The Bertz CT molecular complexity index is 402. The Kier molecular flexibility index (Phi) is 4.34. The van der Waals surface area contributed by atoms with Crippen LogP contribution in [0.1, 0.15) is 31.2 Å². The van der Waals surface area contributed by atoms with E-state index in [9.17, 15) is 18.3 Å². The number of alkyl halides is 3. The monoisotopic (exact) mass is 273 g/mol. The standard InChI is InChI=1S/C14H18F3NO/c15-14(16,17)11-4-6-12(7-5-11)18-9-10-2-1-3-13(19)8-10/h4-7,10,13,18-19H,1-3,8-9H2. The first-order chi connectivity index (χ1) is 8.95. The van der Waals surface area contributed by atoms with Crippen LogP contribution in [0.4, 0.5) is 18.9 Å². The smallest absolute Gasteiger partial charge is 0.393 e. The molecule has 1 aliphatic rings. The number of hydrogen-bond acceptors (Lipinski definition) is 2. The Labute approximate surface area is 110 Å². The summed E-state index contributed by atoms with van der Waals surface area (Å²) < 4.78 is 37.2. The predicted molar refractivity (Wildman–Crippen MR) is 67.9 cm³/mol. The third kappa shape index (κ3) is 4.13. The molecule has 1 aromatic carbocycles. The van der Waals surface area contributed by atoms with Crippen molar-refractivity contribution < 1.29 is 18.3 Å². The lowest BCUT2D eigenvalue weighted by atomic mass is 9.87. The molecule has 0 amide bonds. The molecule has 1 aromatic rings. The second kappa shape index (κ2) is 5.82. The van der Waals surface area contributed by atoms with E-state index < -0.39 is 11.7 Å². The molecule has 2 N–H and O–H groups in total. The molecule has 0 heterocycles. The Morgan fingerprint density at radius 2 is 1.84 bits per heavy atom. The van der Waals surface area contributed by atoms with Gasteiger partial charge in [-0.15, -0.1) is 0 Å². The van der Waals surface area contributed by atoms with Crippen LogP contribution in [0, 0.1) is 5.92 Å². The zero-order valence-corrected chi connectivity index (χ0v) is 10.6. The van der Waals surface area contributed by atoms with Gasteiger partial charge in [0, 0.05) is 12.2 Å². The Balaban J connectivity index is 1.86. The molecule has 1 saturated carbocycles. The molecule has 0 spiro atoms.